The molecule has 1 saturated heterocycles. The van der Waals surface area contributed by atoms with Gasteiger partial charge in [0.1, 0.15) is 0 Å². The van der Waals surface area contributed by atoms with Crippen molar-refractivity contribution < 1.29 is 9.59 Å². The van der Waals surface area contributed by atoms with Crippen molar-refractivity contribution in [1.29, 1.82) is 0 Å². The summed E-state index contributed by atoms with van der Waals surface area (Å²) >= 11 is 1.44. The van der Waals surface area contributed by atoms with Gasteiger partial charge in [0.25, 0.3) is 0 Å². The molecule has 146 valence electrons. The first-order chi connectivity index (χ1) is 11.3. The molecule has 2 aliphatic rings. The monoisotopic (exact) mass is 391 g/mol. The van der Waals surface area contributed by atoms with Crippen molar-refractivity contribution in [3.63, 3.8) is 0 Å². The maximum atomic E-state index is 12.4. The van der Waals surface area contributed by atoms with Crippen LogP contribution in [0.25, 0.3) is 0 Å². The molecule has 0 aromatic carbocycles. The van der Waals surface area contributed by atoms with E-state index in [1.54, 1.807) is 0 Å². The summed E-state index contributed by atoms with van der Waals surface area (Å²) in [6, 6.07) is 0.548. The van der Waals surface area contributed by atoms with E-state index in [-0.39, 0.29) is 35.7 Å². The third kappa shape index (κ3) is 6.33. The fourth-order valence-corrected chi connectivity index (χ4v) is 4.52. The predicted molar refractivity (Wildman–Crippen MR) is 107 cm³/mol. The minimum absolute atomic E-state index is 0. The molecule has 7 heteroatoms. The lowest BCUT2D eigenvalue weighted by atomic mass is 9.80. The quantitative estimate of drug-likeness (QED) is 0.781. The molecule has 0 radical (unpaired) electrons. The lowest BCUT2D eigenvalue weighted by molar-refractivity contribution is -0.131. The number of hydrogen-bond donors (Lipinski definition) is 1. The standard InChI is InChI=1S/C18H33N3O2S.ClH/c1-18(2)13-21(10-9-15(18)19)17(23)12-24-11-16(22)20(3)14-7-5-4-6-8-14;/h14-15H,4-13,19H2,1-3H3;1H. The van der Waals surface area contributed by atoms with Gasteiger partial charge >= 0.3 is 0 Å². The molecule has 2 fully saturated rings. The summed E-state index contributed by atoms with van der Waals surface area (Å²) in [6.45, 7) is 5.68. The van der Waals surface area contributed by atoms with Crippen LogP contribution in [-0.4, -0.2) is 65.3 Å². The number of piperidine rings is 1. The second-order valence-electron chi connectivity index (χ2n) is 7.99. The average molecular weight is 392 g/mol. The van der Waals surface area contributed by atoms with Crippen LogP contribution in [0.4, 0.5) is 0 Å². The number of rotatable bonds is 5. The van der Waals surface area contributed by atoms with Gasteiger partial charge in [-0.05, 0) is 24.7 Å². The van der Waals surface area contributed by atoms with E-state index >= 15 is 0 Å². The highest BCUT2D eigenvalue weighted by molar-refractivity contribution is 8.00. The van der Waals surface area contributed by atoms with Crippen LogP contribution in [0.2, 0.25) is 0 Å². The van der Waals surface area contributed by atoms with E-state index in [4.69, 9.17) is 5.73 Å². The summed E-state index contributed by atoms with van der Waals surface area (Å²) in [7, 11) is 1.91. The van der Waals surface area contributed by atoms with Crippen molar-refractivity contribution in [3.8, 4) is 0 Å². The molecular weight excluding hydrogens is 358 g/mol. The Morgan fingerprint density at radius 1 is 1.16 bits per heavy atom. The van der Waals surface area contributed by atoms with Gasteiger partial charge in [0.2, 0.25) is 11.8 Å². The minimum atomic E-state index is -0.0321. The number of halogens is 1. The largest absolute Gasteiger partial charge is 0.342 e. The minimum Gasteiger partial charge on any atom is -0.342 e. The van der Waals surface area contributed by atoms with Crippen molar-refractivity contribution in [2.75, 3.05) is 31.6 Å². The van der Waals surface area contributed by atoms with Crippen LogP contribution in [0.15, 0.2) is 0 Å². The van der Waals surface area contributed by atoms with Gasteiger partial charge in [-0.15, -0.1) is 24.2 Å². The highest BCUT2D eigenvalue weighted by Crippen LogP contribution is 2.28. The molecule has 0 spiro atoms. The molecule has 2 N–H and O–H groups in total. The van der Waals surface area contributed by atoms with Crippen molar-refractivity contribution in [2.24, 2.45) is 11.1 Å². The summed E-state index contributed by atoms with van der Waals surface area (Å²) in [6.07, 6.45) is 6.83. The molecule has 1 atom stereocenters. The molecule has 0 bridgehead atoms. The van der Waals surface area contributed by atoms with Crippen molar-refractivity contribution >= 4 is 36.0 Å². The Labute approximate surface area is 162 Å². The molecular formula is C18H34ClN3O2S. The summed E-state index contributed by atoms with van der Waals surface area (Å²) in [4.78, 5) is 28.5. The van der Waals surface area contributed by atoms with Gasteiger partial charge in [-0.2, -0.15) is 0 Å². The number of nitrogens with two attached hydrogens (primary N) is 1. The molecule has 1 aliphatic heterocycles. The summed E-state index contributed by atoms with van der Waals surface area (Å²) in [5, 5.41) is 0. The Kier molecular flexibility index (Phi) is 9.05. The molecule has 1 saturated carbocycles. The van der Waals surface area contributed by atoms with E-state index in [1.807, 2.05) is 16.8 Å². The molecule has 1 unspecified atom stereocenters. The molecule has 1 aliphatic carbocycles. The summed E-state index contributed by atoms with van der Waals surface area (Å²) in [5.41, 5.74) is 6.09. The van der Waals surface area contributed by atoms with E-state index in [0.717, 1.165) is 25.8 Å². The van der Waals surface area contributed by atoms with E-state index in [1.165, 1.54) is 31.0 Å². The number of hydrogen-bond acceptors (Lipinski definition) is 4. The van der Waals surface area contributed by atoms with Crippen molar-refractivity contribution in [2.45, 2.75) is 64.5 Å². The fourth-order valence-electron chi connectivity index (χ4n) is 3.68. The first-order valence-corrected chi connectivity index (χ1v) is 10.3. The molecule has 0 aromatic heterocycles. The van der Waals surface area contributed by atoms with Crippen LogP contribution in [-0.2, 0) is 9.59 Å². The number of amides is 2. The number of thioether (sulfide) groups is 1. The molecule has 2 amide bonds. The van der Waals surface area contributed by atoms with Crippen LogP contribution in [0.3, 0.4) is 0 Å². The normalized spacial score (nSPS) is 23.7. The van der Waals surface area contributed by atoms with Crippen LogP contribution in [0.1, 0.15) is 52.4 Å². The number of nitrogens with zero attached hydrogens (tertiary/aromatic N) is 2. The number of carbonyl (C=O) groups excluding carboxylic acids is 2. The SMILES string of the molecule is CN(C(=O)CSCC(=O)N1CCC(N)C(C)(C)C1)C1CCCCC1.Cl. The Morgan fingerprint density at radius 3 is 2.40 bits per heavy atom. The molecule has 0 aromatic rings. The number of likely N-dealkylation sites (tertiary alicyclic amines) is 1. The Balaban J connectivity index is 0.00000312. The second-order valence-corrected chi connectivity index (χ2v) is 8.97. The Bertz CT molecular complexity index is 456. The van der Waals surface area contributed by atoms with Gasteiger partial charge in [-0.25, -0.2) is 0 Å². The first kappa shape index (κ1) is 22.6. The van der Waals surface area contributed by atoms with E-state index in [0.29, 0.717) is 24.1 Å². The summed E-state index contributed by atoms with van der Waals surface area (Å²) < 4.78 is 0. The topological polar surface area (TPSA) is 66.6 Å². The lowest BCUT2D eigenvalue weighted by Gasteiger charge is -2.42. The maximum absolute atomic E-state index is 12.4. The average Bonchev–Trinajstić information content (AvgIpc) is 2.57. The van der Waals surface area contributed by atoms with Crippen LogP contribution < -0.4 is 5.73 Å². The van der Waals surface area contributed by atoms with Crippen LogP contribution in [0.5, 0.6) is 0 Å². The third-order valence-corrected chi connectivity index (χ3v) is 6.53. The maximum Gasteiger partial charge on any atom is 0.232 e. The first-order valence-electron chi connectivity index (χ1n) is 9.18. The van der Waals surface area contributed by atoms with Gasteiger partial charge in [-0.3, -0.25) is 9.59 Å². The Morgan fingerprint density at radius 2 is 1.80 bits per heavy atom. The van der Waals surface area contributed by atoms with E-state index in [2.05, 4.69) is 13.8 Å². The van der Waals surface area contributed by atoms with E-state index < -0.39 is 0 Å². The van der Waals surface area contributed by atoms with Gasteiger partial charge in [-0.1, -0.05) is 33.1 Å². The third-order valence-electron chi connectivity index (χ3n) is 5.63. The van der Waals surface area contributed by atoms with Crippen molar-refractivity contribution in [3.05, 3.63) is 0 Å². The zero-order valence-corrected chi connectivity index (χ0v) is 17.5. The molecule has 25 heavy (non-hydrogen) atoms. The van der Waals surface area contributed by atoms with Crippen molar-refractivity contribution in [1.82, 2.24) is 9.80 Å². The van der Waals surface area contributed by atoms with Gasteiger partial charge in [0, 0.05) is 32.2 Å². The predicted octanol–water partition coefficient (Wildman–Crippen LogP) is 2.52. The Hall–Kier alpha value is -0.460. The zero-order valence-electron chi connectivity index (χ0n) is 15.8. The second kappa shape index (κ2) is 10.0. The molecule has 1 heterocycles. The lowest BCUT2D eigenvalue weighted by Crippen LogP contribution is -2.54. The van der Waals surface area contributed by atoms with E-state index in [9.17, 15) is 9.59 Å². The molecule has 5 nitrogen and oxygen atoms in total. The summed E-state index contributed by atoms with van der Waals surface area (Å²) in [5.74, 6) is 1.07. The van der Waals surface area contributed by atoms with Crippen LogP contribution >= 0.6 is 24.2 Å². The number of carbonyl (C=O) groups is 2. The smallest absolute Gasteiger partial charge is 0.232 e. The van der Waals surface area contributed by atoms with Gasteiger partial charge in [0.05, 0.1) is 11.5 Å². The highest BCUT2D eigenvalue weighted by Gasteiger charge is 2.35. The highest BCUT2D eigenvalue weighted by atomic mass is 35.5. The zero-order chi connectivity index (χ0) is 17.7. The van der Waals surface area contributed by atoms with Gasteiger partial charge in [0.15, 0.2) is 0 Å². The van der Waals surface area contributed by atoms with Gasteiger partial charge < -0.3 is 15.5 Å². The molecule has 2 rings (SSSR count). The van der Waals surface area contributed by atoms with Crippen LogP contribution in [0, 0.1) is 5.41 Å². The fraction of sp³-hybridized carbons (Fsp3) is 0.889.